The molecule has 2 aromatic heterocycles. The summed E-state index contributed by atoms with van der Waals surface area (Å²) >= 11 is 0. The maximum Gasteiger partial charge on any atom is 0.240 e. The molecule has 1 unspecified atom stereocenters. The molecule has 10 heteroatoms. The number of unbranched alkanes of at least 4 members (excludes halogenated alkanes) is 11. The van der Waals surface area contributed by atoms with Crippen molar-refractivity contribution in [2.75, 3.05) is 13.1 Å². The first kappa shape index (κ1) is 35.1. The van der Waals surface area contributed by atoms with Crippen LogP contribution < -0.4 is 0 Å². The summed E-state index contributed by atoms with van der Waals surface area (Å²) in [6, 6.07) is 8.53. The maximum atomic E-state index is 14.3. The van der Waals surface area contributed by atoms with Gasteiger partial charge in [-0.2, -0.15) is 5.10 Å². The molecule has 0 radical (unpaired) electrons. The fourth-order valence-corrected chi connectivity index (χ4v) is 7.51. The molecule has 2 aliphatic rings. The summed E-state index contributed by atoms with van der Waals surface area (Å²) < 4.78 is 14.3. The number of hydrogen-bond donors (Lipinski definition) is 4. The minimum absolute atomic E-state index is 0.118. The highest BCUT2D eigenvalue weighted by Gasteiger charge is 2.38. The molecule has 0 bridgehead atoms. The van der Waals surface area contributed by atoms with E-state index in [4.69, 9.17) is 4.98 Å². The third-order valence-electron chi connectivity index (χ3n) is 10.5. The lowest BCUT2D eigenvalue weighted by atomic mass is 9.96. The van der Waals surface area contributed by atoms with Crippen molar-refractivity contribution in [2.45, 2.75) is 129 Å². The van der Waals surface area contributed by atoms with Gasteiger partial charge in [-0.05, 0) is 53.8 Å². The van der Waals surface area contributed by atoms with Crippen molar-refractivity contribution < 1.29 is 19.4 Å². The van der Waals surface area contributed by atoms with E-state index in [0.717, 1.165) is 58.2 Å². The number of phenols is 1. The largest absolute Gasteiger partial charge is 0.505 e. The van der Waals surface area contributed by atoms with E-state index in [-0.39, 0.29) is 17.7 Å². The van der Waals surface area contributed by atoms with Crippen LogP contribution in [-0.4, -0.2) is 71.3 Å². The fourth-order valence-electron chi connectivity index (χ4n) is 7.51. The Bertz CT molecular complexity index is 1690. The molecule has 2 aliphatic heterocycles. The molecule has 0 spiro atoms. The number of aryl methyl sites for hydroxylation is 1. The zero-order chi connectivity index (χ0) is 34.3. The number of imidazole rings is 1. The number of amides is 1. The van der Waals surface area contributed by atoms with E-state index >= 15 is 0 Å². The Morgan fingerprint density at radius 2 is 1.65 bits per heavy atom. The van der Waals surface area contributed by atoms with E-state index in [9.17, 15) is 19.4 Å². The molecule has 264 valence electrons. The van der Waals surface area contributed by atoms with Crippen LogP contribution in [0, 0.1) is 5.82 Å². The summed E-state index contributed by atoms with van der Waals surface area (Å²) in [5.41, 5.74) is 5.92. The Morgan fingerprint density at radius 1 is 0.959 bits per heavy atom. The first-order valence-corrected chi connectivity index (χ1v) is 18.6. The number of carbonyl (C=O) groups excluding carboxylic acids is 1. The predicted octanol–water partition coefficient (Wildman–Crippen LogP) is 8.01. The quantitative estimate of drug-likeness (QED) is 0.0795. The van der Waals surface area contributed by atoms with E-state index in [1.807, 2.05) is 25.1 Å². The minimum atomic E-state index is -0.641. The monoisotopic (exact) mass is 672 g/mol. The molecule has 1 saturated heterocycles. The van der Waals surface area contributed by atoms with E-state index < -0.39 is 11.9 Å². The lowest BCUT2D eigenvalue weighted by Crippen LogP contribution is -2.58. The number of carbonyl (C=O) groups is 1. The SMILES string of the molecule is CCCCCCCCCCCCCCC(C(=O)N1CC(O)C1)N1Cc2nc(-c3n[nH]c4cc(-c5cc(F)c(O)cc5CC)ccc34)[nH]c2C1. The van der Waals surface area contributed by atoms with Crippen LogP contribution >= 0.6 is 0 Å². The van der Waals surface area contributed by atoms with Crippen LogP contribution in [0.2, 0.25) is 0 Å². The van der Waals surface area contributed by atoms with Gasteiger partial charge < -0.3 is 20.1 Å². The number of aromatic hydroxyl groups is 1. The van der Waals surface area contributed by atoms with Gasteiger partial charge >= 0.3 is 0 Å². The number of aliphatic hydroxyl groups is 1. The van der Waals surface area contributed by atoms with Crippen LogP contribution in [0.15, 0.2) is 30.3 Å². The topological polar surface area (TPSA) is 121 Å². The highest BCUT2D eigenvalue weighted by molar-refractivity contribution is 5.94. The van der Waals surface area contributed by atoms with Crippen LogP contribution in [-0.2, 0) is 24.3 Å². The standard InChI is InChI=1S/C39H53FN6O3/c1-3-5-6-7-8-9-10-11-12-13-14-15-16-35(39(49)46-22-28(47)23-46)45-24-33-34(25-45)42-38(41-33)37-29-18-17-27(19-32(29)43-44-37)30-21-31(40)36(48)20-26(30)4-2/h17-21,28,35,47-48H,3-16,22-25H2,1-2H3,(H,41,42)(H,43,44). The Labute approximate surface area is 289 Å². The number of hydrogen-bond acceptors (Lipinski definition) is 6. The van der Waals surface area contributed by atoms with Crippen LogP contribution in [0.4, 0.5) is 4.39 Å². The second kappa shape index (κ2) is 16.3. The summed E-state index contributed by atoms with van der Waals surface area (Å²) in [5, 5.41) is 28.3. The van der Waals surface area contributed by atoms with Crippen LogP contribution in [0.1, 0.15) is 114 Å². The normalized spacial score (nSPS) is 15.6. The molecule has 1 amide bonds. The molecule has 9 nitrogen and oxygen atoms in total. The summed E-state index contributed by atoms with van der Waals surface area (Å²) in [6.07, 6.45) is 16.5. The first-order chi connectivity index (χ1) is 23.9. The summed E-state index contributed by atoms with van der Waals surface area (Å²) in [5.74, 6) is -0.178. The molecule has 0 saturated carbocycles. The zero-order valence-electron chi connectivity index (χ0n) is 29.2. The van der Waals surface area contributed by atoms with Gasteiger partial charge in [0.1, 0.15) is 5.69 Å². The number of nitrogens with zero attached hydrogens (tertiary/aromatic N) is 4. The summed E-state index contributed by atoms with van der Waals surface area (Å²) in [7, 11) is 0. The molecular formula is C39H53FN6O3. The average Bonchev–Trinajstić information content (AvgIpc) is 3.79. The second-order valence-corrected chi connectivity index (χ2v) is 14.2. The average molecular weight is 673 g/mol. The lowest BCUT2D eigenvalue weighted by molar-refractivity contribution is -0.147. The number of β-amino-alcohol motifs (C(OH)–C–C–N with tert-alkyl or cyclic N) is 1. The van der Waals surface area contributed by atoms with Crippen molar-refractivity contribution in [3.63, 3.8) is 0 Å². The van der Waals surface area contributed by atoms with Gasteiger partial charge in [0.25, 0.3) is 0 Å². The van der Waals surface area contributed by atoms with Crippen LogP contribution in [0.3, 0.4) is 0 Å². The number of aromatic nitrogens is 4. The second-order valence-electron chi connectivity index (χ2n) is 14.2. The van der Waals surface area contributed by atoms with Crippen LogP contribution in [0.5, 0.6) is 5.75 Å². The number of halogens is 1. The van der Waals surface area contributed by atoms with E-state index in [0.29, 0.717) is 44.1 Å². The number of aromatic amines is 2. The molecule has 0 aliphatic carbocycles. The predicted molar refractivity (Wildman–Crippen MR) is 191 cm³/mol. The first-order valence-electron chi connectivity index (χ1n) is 18.6. The molecule has 4 aromatic rings. The van der Waals surface area contributed by atoms with E-state index in [1.165, 1.54) is 76.3 Å². The molecular weight excluding hydrogens is 619 g/mol. The van der Waals surface area contributed by atoms with E-state index in [2.05, 4.69) is 27.0 Å². The van der Waals surface area contributed by atoms with Crippen molar-refractivity contribution in [1.29, 1.82) is 0 Å². The molecule has 1 fully saturated rings. The number of nitrogens with one attached hydrogen (secondary N) is 2. The van der Waals surface area contributed by atoms with Gasteiger partial charge in [0.2, 0.25) is 5.91 Å². The van der Waals surface area contributed by atoms with Crippen molar-refractivity contribution in [3.05, 3.63) is 53.1 Å². The lowest BCUT2D eigenvalue weighted by Gasteiger charge is -2.40. The minimum Gasteiger partial charge on any atom is -0.505 e. The summed E-state index contributed by atoms with van der Waals surface area (Å²) in [4.78, 5) is 26.0. The number of likely N-dealkylation sites (tertiary alicyclic amines) is 1. The Hall–Kier alpha value is -3.76. The smallest absolute Gasteiger partial charge is 0.240 e. The van der Waals surface area contributed by atoms with Gasteiger partial charge in [-0.1, -0.05) is 97.0 Å². The Balaban J connectivity index is 1.06. The number of aliphatic hydroxyl groups excluding tert-OH is 1. The molecule has 4 heterocycles. The molecule has 49 heavy (non-hydrogen) atoms. The van der Waals surface area contributed by atoms with Crippen molar-refractivity contribution in [2.24, 2.45) is 0 Å². The molecule has 4 N–H and O–H groups in total. The van der Waals surface area contributed by atoms with Gasteiger partial charge in [-0.25, -0.2) is 9.37 Å². The van der Waals surface area contributed by atoms with Gasteiger partial charge in [0, 0.05) is 31.6 Å². The van der Waals surface area contributed by atoms with Crippen molar-refractivity contribution in [3.8, 4) is 28.4 Å². The highest BCUT2D eigenvalue weighted by Crippen LogP contribution is 2.35. The number of phenolic OH excluding ortho intramolecular Hbond substituents is 1. The molecule has 6 rings (SSSR count). The fraction of sp³-hybridized carbons (Fsp3) is 0.564. The Kier molecular flexibility index (Phi) is 11.7. The maximum absolute atomic E-state index is 14.3. The summed E-state index contributed by atoms with van der Waals surface area (Å²) in [6.45, 7) is 6.29. The number of benzene rings is 2. The van der Waals surface area contributed by atoms with Gasteiger partial charge in [0.05, 0.1) is 29.1 Å². The van der Waals surface area contributed by atoms with Crippen molar-refractivity contribution >= 4 is 16.8 Å². The van der Waals surface area contributed by atoms with Crippen LogP contribution in [0.25, 0.3) is 33.5 Å². The number of fused-ring (bicyclic) bond motifs is 2. The third-order valence-corrected chi connectivity index (χ3v) is 10.5. The van der Waals surface area contributed by atoms with Gasteiger partial charge in [0.15, 0.2) is 17.4 Å². The number of H-pyrrole nitrogens is 2. The Morgan fingerprint density at radius 3 is 2.31 bits per heavy atom. The molecule has 1 atom stereocenters. The molecule has 2 aromatic carbocycles. The van der Waals surface area contributed by atoms with Gasteiger partial charge in [-0.3, -0.25) is 14.8 Å². The van der Waals surface area contributed by atoms with Gasteiger partial charge in [-0.15, -0.1) is 0 Å². The highest BCUT2D eigenvalue weighted by atomic mass is 19.1. The number of rotatable bonds is 18. The van der Waals surface area contributed by atoms with Crippen molar-refractivity contribution in [1.82, 2.24) is 30.0 Å². The zero-order valence-corrected chi connectivity index (χ0v) is 29.2. The van der Waals surface area contributed by atoms with E-state index in [1.54, 1.807) is 4.90 Å². The third kappa shape index (κ3) is 8.18.